The van der Waals surface area contributed by atoms with Crippen molar-refractivity contribution in [3.63, 3.8) is 0 Å². The monoisotopic (exact) mass is 359 g/mol. The Labute approximate surface area is 148 Å². The average Bonchev–Trinajstić information content (AvgIpc) is 3.32. The average molecular weight is 359 g/mol. The molecule has 3 heterocycles. The van der Waals surface area contributed by atoms with E-state index in [1.165, 1.54) is 23.5 Å². The highest BCUT2D eigenvalue weighted by atomic mass is 32.1. The van der Waals surface area contributed by atoms with Crippen LogP contribution in [0, 0.1) is 12.7 Å². The molecule has 0 saturated carbocycles. The summed E-state index contributed by atoms with van der Waals surface area (Å²) in [6.07, 6.45) is 2.16. The van der Waals surface area contributed by atoms with Crippen molar-refractivity contribution in [2.75, 3.05) is 13.2 Å². The number of hydrogen-bond donors (Lipinski definition) is 1. The van der Waals surface area contributed by atoms with Crippen LogP contribution >= 0.6 is 11.3 Å². The molecule has 5 nitrogen and oxygen atoms in total. The van der Waals surface area contributed by atoms with Gasteiger partial charge >= 0.3 is 0 Å². The number of nitrogens with zero attached hydrogens (tertiary/aromatic N) is 2. The molecule has 1 aliphatic heterocycles. The molecule has 1 unspecified atom stereocenters. The number of carbonyl (C=O) groups is 1. The number of halogens is 1. The summed E-state index contributed by atoms with van der Waals surface area (Å²) < 4.78 is 20.4. The number of amides is 1. The second-order valence-corrected chi connectivity index (χ2v) is 7.18. The number of carbonyl (C=O) groups excluding carboxylic acids is 1. The van der Waals surface area contributed by atoms with Crippen molar-refractivity contribution >= 4 is 27.5 Å². The van der Waals surface area contributed by atoms with Crippen molar-refractivity contribution < 1.29 is 13.9 Å². The Morgan fingerprint density at radius 3 is 2.96 bits per heavy atom. The predicted molar refractivity (Wildman–Crippen MR) is 94.9 cm³/mol. The summed E-state index contributed by atoms with van der Waals surface area (Å²) in [6.45, 7) is 3.22. The molecular weight excluding hydrogens is 341 g/mol. The maximum atomic E-state index is 13.2. The van der Waals surface area contributed by atoms with Gasteiger partial charge in [-0.3, -0.25) is 4.79 Å². The van der Waals surface area contributed by atoms with Crippen LogP contribution in [0.25, 0.3) is 15.9 Å². The molecule has 1 aliphatic rings. The third-order valence-corrected chi connectivity index (χ3v) is 5.46. The van der Waals surface area contributed by atoms with Crippen LogP contribution in [-0.4, -0.2) is 34.9 Å². The van der Waals surface area contributed by atoms with Gasteiger partial charge in [-0.15, -0.1) is 11.3 Å². The van der Waals surface area contributed by atoms with Gasteiger partial charge in [0, 0.05) is 18.5 Å². The zero-order valence-corrected chi connectivity index (χ0v) is 14.6. The topological polar surface area (TPSA) is 56.2 Å². The Balaban J connectivity index is 1.60. The Morgan fingerprint density at radius 2 is 2.24 bits per heavy atom. The largest absolute Gasteiger partial charge is 0.376 e. The van der Waals surface area contributed by atoms with E-state index in [0.29, 0.717) is 11.4 Å². The number of hydrogen-bond acceptors (Lipinski definition) is 4. The molecule has 7 heteroatoms. The van der Waals surface area contributed by atoms with Crippen LogP contribution in [0.4, 0.5) is 4.39 Å². The van der Waals surface area contributed by atoms with Gasteiger partial charge in [-0.25, -0.2) is 9.07 Å². The lowest BCUT2D eigenvalue weighted by molar-refractivity contribution is 0.0861. The number of fused-ring (bicyclic) bond motifs is 1. The van der Waals surface area contributed by atoms with Crippen molar-refractivity contribution in [1.29, 1.82) is 0 Å². The molecule has 4 rings (SSSR count). The number of thiophene rings is 1. The first-order chi connectivity index (χ1) is 12.1. The van der Waals surface area contributed by atoms with E-state index in [-0.39, 0.29) is 17.8 Å². The van der Waals surface area contributed by atoms with Gasteiger partial charge in [-0.05, 0) is 50.1 Å². The number of aromatic nitrogens is 2. The molecule has 0 bridgehead atoms. The van der Waals surface area contributed by atoms with E-state index >= 15 is 0 Å². The summed E-state index contributed by atoms with van der Waals surface area (Å²) in [6, 6.07) is 8.03. The molecule has 1 fully saturated rings. The van der Waals surface area contributed by atoms with Crippen LogP contribution in [-0.2, 0) is 4.74 Å². The quantitative estimate of drug-likeness (QED) is 0.776. The molecule has 1 saturated heterocycles. The zero-order valence-electron chi connectivity index (χ0n) is 13.8. The normalized spacial score (nSPS) is 17.3. The van der Waals surface area contributed by atoms with Crippen LogP contribution < -0.4 is 5.32 Å². The maximum Gasteiger partial charge on any atom is 0.261 e. The summed E-state index contributed by atoms with van der Waals surface area (Å²) in [4.78, 5) is 14.0. The minimum absolute atomic E-state index is 0.0956. The highest BCUT2D eigenvalue weighted by molar-refractivity contribution is 7.20. The summed E-state index contributed by atoms with van der Waals surface area (Å²) in [7, 11) is 0. The van der Waals surface area contributed by atoms with Gasteiger partial charge < -0.3 is 10.1 Å². The number of nitrogens with one attached hydrogen (secondary N) is 1. The van der Waals surface area contributed by atoms with Gasteiger partial charge in [-0.1, -0.05) is 0 Å². The lowest BCUT2D eigenvalue weighted by Crippen LogP contribution is -2.31. The van der Waals surface area contributed by atoms with Gasteiger partial charge in [0.1, 0.15) is 10.6 Å². The van der Waals surface area contributed by atoms with Crippen LogP contribution in [0.15, 0.2) is 30.3 Å². The minimum Gasteiger partial charge on any atom is -0.376 e. The van der Waals surface area contributed by atoms with Gasteiger partial charge in [0.15, 0.2) is 0 Å². The molecule has 0 radical (unpaired) electrons. The number of ether oxygens (including phenoxy) is 1. The smallest absolute Gasteiger partial charge is 0.261 e. The fourth-order valence-corrected chi connectivity index (χ4v) is 4.11. The van der Waals surface area contributed by atoms with Crippen molar-refractivity contribution in [3.8, 4) is 5.69 Å². The van der Waals surface area contributed by atoms with Gasteiger partial charge in [-0.2, -0.15) is 5.10 Å². The number of rotatable bonds is 4. The van der Waals surface area contributed by atoms with E-state index in [1.54, 1.807) is 16.8 Å². The van der Waals surface area contributed by atoms with Crippen LogP contribution in [0.2, 0.25) is 0 Å². The summed E-state index contributed by atoms with van der Waals surface area (Å²) in [5, 5.41) is 8.40. The van der Waals surface area contributed by atoms with Gasteiger partial charge in [0.2, 0.25) is 0 Å². The molecule has 0 aliphatic carbocycles. The van der Waals surface area contributed by atoms with E-state index in [1.807, 2.05) is 13.0 Å². The first-order valence-electron chi connectivity index (χ1n) is 8.27. The maximum absolute atomic E-state index is 13.2. The third kappa shape index (κ3) is 3.17. The Bertz CT molecular complexity index is 910. The Kier molecular flexibility index (Phi) is 4.27. The molecule has 3 aromatic rings. The van der Waals surface area contributed by atoms with Gasteiger partial charge in [0.05, 0.1) is 22.4 Å². The summed E-state index contributed by atoms with van der Waals surface area (Å²) in [5.74, 6) is -0.383. The third-order valence-electron chi connectivity index (χ3n) is 4.35. The van der Waals surface area contributed by atoms with Crippen molar-refractivity contribution in [2.45, 2.75) is 25.9 Å². The number of benzene rings is 1. The minimum atomic E-state index is -0.288. The predicted octanol–water partition coefficient (Wildman–Crippen LogP) is 3.44. The molecule has 0 spiro atoms. The van der Waals surface area contributed by atoms with Crippen LogP contribution in [0.1, 0.15) is 28.2 Å². The molecule has 1 aromatic carbocycles. The first kappa shape index (κ1) is 16.2. The van der Waals surface area contributed by atoms with E-state index in [0.717, 1.165) is 41.0 Å². The van der Waals surface area contributed by atoms with E-state index in [2.05, 4.69) is 10.4 Å². The molecule has 130 valence electrons. The standard InChI is InChI=1S/C18H18FN3O2S/c1-11-15-9-16(17(23)20-10-14-3-2-8-24-14)25-18(15)22(21-11)13-6-4-12(19)5-7-13/h4-7,9,14H,2-3,8,10H2,1H3,(H,20,23). The van der Waals surface area contributed by atoms with Crippen molar-refractivity contribution in [1.82, 2.24) is 15.1 Å². The highest BCUT2D eigenvalue weighted by Crippen LogP contribution is 2.30. The van der Waals surface area contributed by atoms with Crippen LogP contribution in [0.3, 0.4) is 0 Å². The second kappa shape index (κ2) is 6.57. The fourth-order valence-electron chi connectivity index (χ4n) is 3.02. The molecule has 2 aromatic heterocycles. The Hall–Kier alpha value is -2.25. The fraction of sp³-hybridized carbons (Fsp3) is 0.333. The first-order valence-corrected chi connectivity index (χ1v) is 9.08. The van der Waals surface area contributed by atoms with Crippen LogP contribution in [0.5, 0.6) is 0 Å². The molecule has 25 heavy (non-hydrogen) atoms. The lowest BCUT2D eigenvalue weighted by Gasteiger charge is -2.09. The number of aryl methyl sites for hydroxylation is 1. The van der Waals surface area contributed by atoms with Crippen molar-refractivity contribution in [3.05, 3.63) is 46.7 Å². The van der Waals surface area contributed by atoms with E-state index in [4.69, 9.17) is 4.74 Å². The van der Waals surface area contributed by atoms with Gasteiger partial charge in [0.25, 0.3) is 5.91 Å². The molecule has 1 atom stereocenters. The zero-order chi connectivity index (χ0) is 17.4. The second-order valence-electron chi connectivity index (χ2n) is 6.15. The molecule has 1 N–H and O–H groups in total. The molecule has 1 amide bonds. The molecular formula is C18H18FN3O2S. The highest BCUT2D eigenvalue weighted by Gasteiger charge is 2.20. The Morgan fingerprint density at radius 1 is 1.44 bits per heavy atom. The lowest BCUT2D eigenvalue weighted by atomic mass is 10.2. The van der Waals surface area contributed by atoms with E-state index < -0.39 is 0 Å². The van der Waals surface area contributed by atoms with E-state index in [9.17, 15) is 9.18 Å². The summed E-state index contributed by atoms with van der Waals surface area (Å²) in [5.41, 5.74) is 1.61. The summed E-state index contributed by atoms with van der Waals surface area (Å²) >= 11 is 1.39. The van der Waals surface area contributed by atoms with Crippen molar-refractivity contribution in [2.24, 2.45) is 0 Å². The SMILES string of the molecule is Cc1nn(-c2ccc(F)cc2)c2sc(C(=O)NCC3CCCO3)cc12.